The highest BCUT2D eigenvalue weighted by molar-refractivity contribution is 5.85. The standard InChI is InChI=1S/C15H21FN2O/c1-3-6-18(4-2)7-5-11-10-17-15-13(11)8-12(19)9-14(15)16/h8-10,17,19H,3-7H2,1-2H3. The summed E-state index contributed by atoms with van der Waals surface area (Å²) in [6, 6.07) is 2.76. The number of phenolic OH excluding ortho intramolecular Hbond substituents is 1. The summed E-state index contributed by atoms with van der Waals surface area (Å²) in [7, 11) is 0. The molecule has 2 rings (SSSR count). The maximum Gasteiger partial charge on any atom is 0.150 e. The zero-order chi connectivity index (χ0) is 13.8. The van der Waals surface area contributed by atoms with Gasteiger partial charge in [-0.2, -0.15) is 0 Å². The van der Waals surface area contributed by atoms with Crippen molar-refractivity contribution >= 4 is 10.9 Å². The minimum atomic E-state index is -0.401. The van der Waals surface area contributed by atoms with Gasteiger partial charge in [0.05, 0.1) is 5.52 Å². The van der Waals surface area contributed by atoms with Gasteiger partial charge in [-0.25, -0.2) is 4.39 Å². The number of aromatic amines is 1. The number of aromatic nitrogens is 1. The Kier molecular flexibility index (Phi) is 4.43. The average Bonchev–Trinajstić information content (AvgIpc) is 2.78. The molecule has 0 atom stereocenters. The summed E-state index contributed by atoms with van der Waals surface area (Å²) in [5.74, 6) is -0.422. The molecule has 0 fully saturated rings. The van der Waals surface area contributed by atoms with Gasteiger partial charge in [0.2, 0.25) is 0 Å². The summed E-state index contributed by atoms with van der Waals surface area (Å²) in [5, 5.41) is 10.3. The smallest absolute Gasteiger partial charge is 0.150 e. The van der Waals surface area contributed by atoms with Crippen LogP contribution in [0.25, 0.3) is 10.9 Å². The number of halogens is 1. The van der Waals surface area contributed by atoms with Crippen LogP contribution in [0.1, 0.15) is 25.8 Å². The fourth-order valence-electron chi connectivity index (χ4n) is 2.46. The van der Waals surface area contributed by atoms with Gasteiger partial charge in [0.1, 0.15) is 5.75 Å². The molecule has 1 aromatic heterocycles. The number of benzene rings is 1. The maximum atomic E-state index is 13.6. The molecule has 0 radical (unpaired) electrons. The number of nitrogens with one attached hydrogen (secondary N) is 1. The van der Waals surface area contributed by atoms with Crippen LogP contribution in [-0.2, 0) is 6.42 Å². The van der Waals surface area contributed by atoms with Crippen molar-refractivity contribution in [1.29, 1.82) is 0 Å². The number of hydrogen-bond donors (Lipinski definition) is 2. The number of hydrogen-bond acceptors (Lipinski definition) is 2. The summed E-state index contributed by atoms with van der Waals surface area (Å²) in [5.41, 5.74) is 1.53. The van der Waals surface area contributed by atoms with Crippen molar-refractivity contribution in [1.82, 2.24) is 9.88 Å². The molecule has 0 unspecified atom stereocenters. The van der Waals surface area contributed by atoms with Crippen molar-refractivity contribution < 1.29 is 9.50 Å². The summed E-state index contributed by atoms with van der Waals surface area (Å²) in [6.45, 7) is 7.38. The Morgan fingerprint density at radius 3 is 2.74 bits per heavy atom. The van der Waals surface area contributed by atoms with E-state index in [1.807, 2.05) is 6.20 Å². The number of likely N-dealkylation sites (N-methyl/N-ethyl adjacent to an activating group) is 1. The third kappa shape index (κ3) is 3.07. The zero-order valence-electron chi connectivity index (χ0n) is 11.5. The molecule has 0 spiro atoms. The van der Waals surface area contributed by atoms with Crippen LogP contribution in [0.2, 0.25) is 0 Å². The minimum Gasteiger partial charge on any atom is -0.508 e. The van der Waals surface area contributed by atoms with Crippen molar-refractivity contribution in [3.8, 4) is 5.75 Å². The van der Waals surface area contributed by atoms with E-state index in [9.17, 15) is 9.50 Å². The van der Waals surface area contributed by atoms with Gasteiger partial charge in [-0.05, 0) is 37.6 Å². The van der Waals surface area contributed by atoms with Crippen molar-refractivity contribution in [2.45, 2.75) is 26.7 Å². The van der Waals surface area contributed by atoms with Gasteiger partial charge in [-0.3, -0.25) is 0 Å². The summed E-state index contributed by atoms with van der Waals surface area (Å²) >= 11 is 0. The predicted octanol–water partition coefficient (Wildman–Crippen LogP) is 3.29. The van der Waals surface area contributed by atoms with Gasteiger partial charge in [-0.15, -0.1) is 0 Å². The molecule has 19 heavy (non-hydrogen) atoms. The monoisotopic (exact) mass is 264 g/mol. The lowest BCUT2D eigenvalue weighted by Gasteiger charge is -2.18. The topological polar surface area (TPSA) is 39.3 Å². The third-order valence-electron chi connectivity index (χ3n) is 3.50. The zero-order valence-corrected chi connectivity index (χ0v) is 11.5. The molecule has 0 saturated carbocycles. The number of aromatic hydroxyl groups is 1. The average molecular weight is 264 g/mol. The lowest BCUT2D eigenvalue weighted by molar-refractivity contribution is 0.293. The fourth-order valence-corrected chi connectivity index (χ4v) is 2.46. The third-order valence-corrected chi connectivity index (χ3v) is 3.50. The molecule has 0 aliphatic carbocycles. The first-order chi connectivity index (χ1) is 9.15. The Morgan fingerprint density at radius 1 is 1.26 bits per heavy atom. The first-order valence-electron chi connectivity index (χ1n) is 6.86. The molecule has 104 valence electrons. The molecule has 1 heterocycles. The maximum absolute atomic E-state index is 13.6. The lowest BCUT2D eigenvalue weighted by Crippen LogP contribution is -2.26. The number of phenols is 1. The molecule has 2 N–H and O–H groups in total. The van der Waals surface area contributed by atoms with E-state index in [4.69, 9.17) is 0 Å². The molecule has 0 amide bonds. The summed E-state index contributed by atoms with van der Waals surface area (Å²) in [6.07, 6.45) is 3.83. The van der Waals surface area contributed by atoms with E-state index < -0.39 is 5.82 Å². The predicted molar refractivity (Wildman–Crippen MR) is 76.0 cm³/mol. The van der Waals surface area contributed by atoms with Crippen LogP contribution in [0.3, 0.4) is 0 Å². The second-order valence-corrected chi connectivity index (χ2v) is 4.85. The van der Waals surface area contributed by atoms with E-state index in [1.54, 1.807) is 6.07 Å². The molecular weight excluding hydrogens is 243 g/mol. The van der Waals surface area contributed by atoms with Gasteiger partial charge in [-0.1, -0.05) is 13.8 Å². The molecular formula is C15H21FN2O. The van der Waals surface area contributed by atoms with Crippen LogP contribution >= 0.6 is 0 Å². The van der Waals surface area contributed by atoms with Gasteiger partial charge in [0.25, 0.3) is 0 Å². The van der Waals surface area contributed by atoms with E-state index in [2.05, 4.69) is 23.7 Å². The fraction of sp³-hybridized carbons (Fsp3) is 0.467. The number of nitrogens with zero attached hydrogens (tertiary/aromatic N) is 1. The number of H-pyrrole nitrogens is 1. The van der Waals surface area contributed by atoms with Crippen LogP contribution in [0.4, 0.5) is 4.39 Å². The van der Waals surface area contributed by atoms with Gasteiger partial charge >= 0.3 is 0 Å². The molecule has 0 bridgehead atoms. The van der Waals surface area contributed by atoms with Crippen LogP contribution in [0.15, 0.2) is 18.3 Å². The van der Waals surface area contributed by atoms with E-state index in [0.717, 1.165) is 49.5 Å². The van der Waals surface area contributed by atoms with Crippen LogP contribution in [0.5, 0.6) is 5.75 Å². The molecule has 1 aromatic carbocycles. The molecule has 0 saturated heterocycles. The second-order valence-electron chi connectivity index (χ2n) is 4.85. The lowest BCUT2D eigenvalue weighted by atomic mass is 10.1. The van der Waals surface area contributed by atoms with Gasteiger partial charge < -0.3 is 15.0 Å². The number of fused-ring (bicyclic) bond motifs is 1. The van der Waals surface area contributed by atoms with E-state index in [1.165, 1.54) is 0 Å². The van der Waals surface area contributed by atoms with Gasteiger partial charge in [0, 0.05) is 24.2 Å². The second kappa shape index (κ2) is 6.06. The first-order valence-corrected chi connectivity index (χ1v) is 6.86. The SMILES string of the molecule is CCCN(CC)CCc1c[nH]c2c(F)cc(O)cc12. The highest BCUT2D eigenvalue weighted by Crippen LogP contribution is 2.26. The molecule has 3 nitrogen and oxygen atoms in total. The van der Waals surface area contributed by atoms with E-state index in [0.29, 0.717) is 5.52 Å². The van der Waals surface area contributed by atoms with Crippen LogP contribution < -0.4 is 0 Å². The van der Waals surface area contributed by atoms with Gasteiger partial charge in [0.15, 0.2) is 5.82 Å². The Hall–Kier alpha value is -1.55. The summed E-state index contributed by atoms with van der Waals surface area (Å²) in [4.78, 5) is 5.33. The Bertz CT molecular complexity index is 550. The quantitative estimate of drug-likeness (QED) is 0.840. The molecule has 0 aliphatic heterocycles. The Morgan fingerprint density at radius 2 is 2.05 bits per heavy atom. The van der Waals surface area contributed by atoms with Crippen LogP contribution in [-0.4, -0.2) is 34.6 Å². The van der Waals surface area contributed by atoms with E-state index >= 15 is 0 Å². The Balaban J connectivity index is 2.17. The minimum absolute atomic E-state index is 0.0215. The molecule has 0 aliphatic rings. The number of rotatable bonds is 6. The highest BCUT2D eigenvalue weighted by Gasteiger charge is 2.10. The molecule has 2 aromatic rings. The van der Waals surface area contributed by atoms with Crippen molar-refractivity contribution in [3.63, 3.8) is 0 Å². The Labute approximate surface area is 113 Å². The van der Waals surface area contributed by atoms with Crippen molar-refractivity contribution in [2.24, 2.45) is 0 Å². The van der Waals surface area contributed by atoms with E-state index in [-0.39, 0.29) is 5.75 Å². The summed E-state index contributed by atoms with van der Waals surface area (Å²) < 4.78 is 13.6. The van der Waals surface area contributed by atoms with Crippen molar-refractivity contribution in [3.05, 3.63) is 29.7 Å². The normalized spacial score (nSPS) is 11.6. The van der Waals surface area contributed by atoms with Crippen LogP contribution in [0, 0.1) is 5.82 Å². The largest absolute Gasteiger partial charge is 0.508 e. The highest BCUT2D eigenvalue weighted by atomic mass is 19.1. The first kappa shape index (κ1) is 13.9. The molecule has 4 heteroatoms. The van der Waals surface area contributed by atoms with Crippen molar-refractivity contribution in [2.75, 3.05) is 19.6 Å².